The fraction of sp³-hybridized carbons (Fsp3) is 0.222. The second-order valence-corrected chi connectivity index (χ2v) is 16.8. The molecule has 0 N–H and O–H groups in total. The Morgan fingerprint density at radius 2 is 0.316 bits per heavy atom. The summed E-state index contributed by atoms with van der Waals surface area (Å²) in [6, 6.07) is 17.0. The van der Waals surface area contributed by atoms with Gasteiger partial charge in [-0.05, 0) is 150 Å². The molecule has 0 radical (unpaired) electrons. The number of aryl methyl sites for hydroxylation is 12. The van der Waals surface area contributed by atoms with Crippen molar-refractivity contribution < 1.29 is 50.6 Å². The average Bonchev–Trinajstić information content (AvgIpc) is 3.34. The first-order valence-electron chi connectivity index (χ1n) is 22.1. The Labute approximate surface area is 468 Å². The van der Waals surface area contributed by atoms with Crippen LogP contribution in [0.4, 0.5) is 68.2 Å². The molecule has 0 saturated carbocycles. The summed E-state index contributed by atoms with van der Waals surface area (Å²) in [5.41, 5.74) is 11.1. The molecule has 0 unspecified atom stereocenters. The molecule has 24 nitrogen and oxygen atoms in total. The van der Waals surface area contributed by atoms with Crippen molar-refractivity contribution in [2.24, 2.45) is 0 Å². The van der Waals surface area contributed by atoms with E-state index >= 15 is 0 Å². The molecule has 0 aliphatic carbocycles. The maximum atomic E-state index is 10.4. The molecular weight excluding hydrogens is 1100 g/mol. The summed E-state index contributed by atoms with van der Waals surface area (Å²) in [4.78, 5) is 79.7. The predicted molar refractivity (Wildman–Crippen MR) is 293 cm³/mol. The average molecular weight is 1150 g/mol. The Hall–Kier alpha value is -10.7. The fourth-order valence-electron chi connectivity index (χ4n) is 7.29. The largest absolute Gasteiger partial charge is 0.267 e. The molecule has 0 heterocycles. The van der Waals surface area contributed by atoms with Crippen molar-refractivity contribution in [3.63, 3.8) is 0 Å². The Morgan fingerprint density at radius 3 is 0.367 bits per heavy atom. The molecule has 0 aromatic heterocycles. The summed E-state index contributed by atoms with van der Waals surface area (Å²) in [6.07, 6.45) is 0. The van der Waals surface area contributed by atoms with Crippen molar-refractivity contribution >= 4 is 68.2 Å². The maximum absolute atomic E-state index is 10.4. The third-order valence-corrected chi connectivity index (χ3v) is 10.8. The first-order chi connectivity index (χ1) is 36.3. The van der Waals surface area contributed by atoms with E-state index < -0.39 is 29.5 Å². The van der Waals surface area contributed by atoms with Crippen LogP contribution in [0.25, 0.3) is 29.1 Å². The smallest absolute Gasteiger partial charge is 0.258 e. The monoisotopic (exact) mass is 1150 g/mol. The zero-order valence-electron chi connectivity index (χ0n) is 44.6. The molecule has 6 aromatic carbocycles. The van der Waals surface area contributed by atoms with Crippen LogP contribution in [0.5, 0.6) is 0 Å². The topological polar surface area (TPSA) is 285 Å². The molecule has 0 spiro atoms. The molecule has 0 atom stereocenters. The summed E-state index contributed by atoms with van der Waals surface area (Å²) in [5, 5.41) is 62.6. The van der Waals surface area contributed by atoms with Crippen LogP contribution in [0.2, 0.25) is 0 Å². The number of nitrogens with zero attached hydrogens (tertiary/aromatic N) is 12. The van der Waals surface area contributed by atoms with Crippen molar-refractivity contribution in [2.75, 3.05) is 0 Å². The standard InChI is InChI=1S/6C9H8N2O2.Mo/c6*1-6-4-8(11(12)13)5-7(2)9(6)10-3;/h6*4-5H,1-2H3;. The van der Waals surface area contributed by atoms with Gasteiger partial charge in [-0.1, -0.05) is 0 Å². The summed E-state index contributed by atoms with van der Waals surface area (Å²) in [7, 11) is 0. The van der Waals surface area contributed by atoms with Crippen LogP contribution in [0.15, 0.2) is 72.8 Å². The van der Waals surface area contributed by atoms with Gasteiger partial charge in [0.25, 0.3) is 34.1 Å². The van der Waals surface area contributed by atoms with Crippen molar-refractivity contribution in [2.45, 2.75) is 83.1 Å². The van der Waals surface area contributed by atoms with Crippen LogP contribution >= 0.6 is 0 Å². The van der Waals surface area contributed by atoms with Gasteiger partial charge in [0.1, 0.15) is 0 Å². The number of nitro benzene ring substituents is 6. The SMILES string of the molecule is [C-]#[N+]c1c(C)cc([N+](=O)[O-])cc1C.[C-]#[N+]c1c(C)cc([N+](=O)[O-])cc1C.[C-]#[N+]c1c(C)cc([N+](=O)[O-])cc1C.[C-]#[N+]c1c(C)cc([N+](=O)[O-])cc1C.[C-]#[N+]c1c(C)cc([N+](=O)[O-])cc1C.[C-]#[N+]c1c(C)cc([N+](=O)[O-])cc1C.[Mo]. The van der Waals surface area contributed by atoms with Crippen molar-refractivity contribution in [3.05, 3.63) is 269 Å². The maximum Gasteiger partial charge on any atom is 0.267 e. The predicted octanol–water partition coefficient (Wildman–Crippen LogP) is 16.6. The van der Waals surface area contributed by atoms with Crippen molar-refractivity contribution in [3.8, 4) is 0 Å². The fourth-order valence-corrected chi connectivity index (χ4v) is 7.29. The van der Waals surface area contributed by atoms with Crippen LogP contribution in [0, 0.1) is 183 Å². The van der Waals surface area contributed by atoms with Crippen LogP contribution < -0.4 is 0 Å². The molecule has 0 saturated heterocycles. The number of rotatable bonds is 6. The number of hydrogen-bond acceptors (Lipinski definition) is 12. The Balaban J connectivity index is 0.000000922. The number of nitro groups is 6. The molecular formula is C54H48MoN12O12. The second-order valence-electron chi connectivity index (χ2n) is 16.8. The summed E-state index contributed by atoms with van der Waals surface area (Å²) in [5.74, 6) is 0. The first kappa shape index (κ1) is 68.3. The zero-order chi connectivity index (χ0) is 60.0. The van der Waals surface area contributed by atoms with Crippen molar-refractivity contribution in [1.29, 1.82) is 0 Å². The van der Waals surface area contributed by atoms with Gasteiger partial charge in [-0.15, -0.1) is 0 Å². The van der Waals surface area contributed by atoms with Gasteiger partial charge in [0.05, 0.1) is 69.0 Å². The molecule has 0 aliphatic rings. The van der Waals surface area contributed by atoms with Crippen LogP contribution in [0.1, 0.15) is 66.8 Å². The van der Waals surface area contributed by atoms with Gasteiger partial charge in [-0.25, -0.2) is 29.1 Å². The van der Waals surface area contributed by atoms with E-state index in [9.17, 15) is 60.7 Å². The third kappa shape index (κ3) is 19.5. The summed E-state index contributed by atoms with van der Waals surface area (Å²) >= 11 is 0. The van der Waals surface area contributed by atoms with Gasteiger partial charge < -0.3 is 0 Å². The van der Waals surface area contributed by atoms with Gasteiger partial charge in [-0.2, -0.15) is 0 Å². The van der Waals surface area contributed by atoms with Crippen LogP contribution in [-0.2, 0) is 21.1 Å². The normalized spacial score (nSPS) is 9.19. The van der Waals surface area contributed by atoms with Gasteiger partial charge >= 0.3 is 0 Å². The van der Waals surface area contributed by atoms with E-state index in [1.165, 1.54) is 72.8 Å². The van der Waals surface area contributed by atoms with E-state index in [-0.39, 0.29) is 55.2 Å². The van der Waals surface area contributed by atoms with E-state index in [4.69, 9.17) is 39.4 Å². The number of hydrogen-bond donors (Lipinski definition) is 0. The van der Waals surface area contributed by atoms with Crippen LogP contribution in [-0.4, -0.2) is 29.5 Å². The minimum Gasteiger partial charge on any atom is -0.258 e. The molecule has 79 heavy (non-hydrogen) atoms. The quantitative estimate of drug-likeness (QED) is 0.0651. The molecule has 0 bridgehead atoms. The van der Waals surface area contributed by atoms with Crippen molar-refractivity contribution in [1.82, 2.24) is 0 Å². The molecule has 0 fully saturated rings. The number of benzene rings is 6. The molecule has 402 valence electrons. The Morgan fingerprint density at radius 1 is 0.241 bits per heavy atom. The summed E-state index contributed by atoms with van der Waals surface area (Å²) in [6.45, 7) is 61.6. The van der Waals surface area contributed by atoms with E-state index in [1.807, 2.05) is 0 Å². The van der Waals surface area contributed by atoms with E-state index in [2.05, 4.69) is 29.1 Å². The van der Waals surface area contributed by atoms with Crippen LogP contribution in [0.3, 0.4) is 0 Å². The van der Waals surface area contributed by atoms with E-state index in [0.717, 1.165) is 0 Å². The molecule has 6 aromatic rings. The third-order valence-electron chi connectivity index (χ3n) is 10.8. The Bertz CT molecular complexity index is 2910. The van der Waals surface area contributed by atoms with E-state index in [1.54, 1.807) is 83.1 Å². The van der Waals surface area contributed by atoms with Gasteiger partial charge in [-0.3, -0.25) is 60.7 Å². The number of non-ortho nitro benzene ring substituents is 6. The van der Waals surface area contributed by atoms with Gasteiger partial charge in [0.15, 0.2) is 34.1 Å². The zero-order valence-corrected chi connectivity index (χ0v) is 46.6. The Kier molecular flexibility index (Phi) is 27.1. The molecule has 6 rings (SSSR count). The first-order valence-corrected chi connectivity index (χ1v) is 22.1. The second kappa shape index (κ2) is 31.3. The summed E-state index contributed by atoms with van der Waals surface area (Å²) < 4.78 is 0. The minimum absolute atomic E-state index is 0. The van der Waals surface area contributed by atoms with Gasteiger partial charge in [0, 0.05) is 93.9 Å². The molecule has 25 heteroatoms. The minimum atomic E-state index is -0.451. The molecule has 0 amide bonds. The van der Waals surface area contributed by atoms with E-state index in [0.29, 0.717) is 101 Å². The van der Waals surface area contributed by atoms with Gasteiger partial charge in [0.2, 0.25) is 0 Å². The molecule has 0 aliphatic heterocycles.